The zero-order chi connectivity index (χ0) is 16.4. The number of rotatable bonds is 4. The number of ether oxygens (including phenoxy) is 1. The quantitative estimate of drug-likeness (QED) is 0.862. The van der Waals surface area contributed by atoms with Crippen LogP contribution in [0.2, 0.25) is 0 Å². The van der Waals surface area contributed by atoms with Crippen LogP contribution in [0.1, 0.15) is 31.1 Å². The molecule has 0 aliphatic carbocycles. The molecule has 3 heterocycles. The molecule has 0 amide bonds. The predicted octanol–water partition coefficient (Wildman–Crippen LogP) is 3.09. The Morgan fingerprint density at radius 1 is 1.21 bits per heavy atom. The van der Waals surface area contributed by atoms with E-state index in [4.69, 9.17) is 9.26 Å². The summed E-state index contributed by atoms with van der Waals surface area (Å²) in [5.41, 5.74) is 0.780. The van der Waals surface area contributed by atoms with Crippen molar-refractivity contribution >= 4 is 0 Å². The average Bonchev–Trinajstić information content (AvgIpc) is 3.28. The molecule has 0 bridgehead atoms. The number of nitrogens with zero attached hydrogens (tertiary/aromatic N) is 3. The first-order chi connectivity index (χ1) is 11.8. The maximum Gasteiger partial charge on any atom is 0.231 e. The van der Waals surface area contributed by atoms with Gasteiger partial charge in [0.2, 0.25) is 11.7 Å². The van der Waals surface area contributed by atoms with Gasteiger partial charge < -0.3 is 14.2 Å². The molecule has 2 aliphatic heterocycles. The Hall–Kier alpha value is -1.79. The Labute approximate surface area is 140 Å². The minimum atomic E-state index is -0.263. The van der Waals surface area contributed by atoms with E-state index in [0.717, 1.165) is 57.7 Å². The Morgan fingerprint density at radius 2 is 2.08 bits per heavy atom. The van der Waals surface area contributed by atoms with Crippen molar-refractivity contribution in [3.8, 4) is 11.4 Å². The van der Waals surface area contributed by atoms with Gasteiger partial charge in [0.25, 0.3) is 0 Å². The van der Waals surface area contributed by atoms with Gasteiger partial charge in [-0.3, -0.25) is 0 Å². The van der Waals surface area contributed by atoms with Crippen molar-refractivity contribution in [1.29, 1.82) is 0 Å². The molecule has 4 rings (SSSR count). The lowest BCUT2D eigenvalue weighted by atomic mass is 9.96. The van der Waals surface area contributed by atoms with Gasteiger partial charge in [-0.05, 0) is 56.0 Å². The second kappa shape index (κ2) is 6.99. The van der Waals surface area contributed by atoms with Crippen molar-refractivity contribution in [2.45, 2.75) is 25.2 Å². The summed E-state index contributed by atoms with van der Waals surface area (Å²) < 4.78 is 24.0. The lowest BCUT2D eigenvalue weighted by Gasteiger charge is -2.32. The van der Waals surface area contributed by atoms with Gasteiger partial charge in [0, 0.05) is 25.3 Å². The maximum absolute atomic E-state index is 13.0. The summed E-state index contributed by atoms with van der Waals surface area (Å²) in [4.78, 5) is 7.04. The van der Waals surface area contributed by atoms with Crippen LogP contribution in [-0.2, 0) is 4.74 Å². The van der Waals surface area contributed by atoms with Crippen LogP contribution in [0, 0.1) is 11.7 Å². The SMILES string of the molecule is Fc1ccc(-c2noc([C@@H]3CCCN(C[C@H]4CCOC4)C3)n2)cc1. The Bertz CT molecular complexity index is 667. The predicted molar refractivity (Wildman–Crippen MR) is 87.0 cm³/mol. The third kappa shape index (κ3) is 3.49. The molecule has 2 aromatic rings. The fraction of sp³-hybridized carbons (Fsp3) is 0.556. The summed E-state index contributed by atoms with van der Waals surface area (Å²) in [5, 5.41) is 4.07. The molecular formula is C18H22FN3O2. The first-order valence-corrected chi connectivity index (χ1v) is 8.67. The van der Waals surface area contributed by atoms with Crippen molar-refractivity contribution in [2.75, 3.05) is 32.8 Å². The molecule has 5 nitrogen and oxygen atoms in total. The highest BCUT2D eigenvalue weighted by Gasteiger charge is 2.28. The van der Waals surface area contributed by atoms with Gasteiger partial charge in [-0.1, -0.05) is 5.16 Å². The van der Waals surface area contributed by atoms with Crippen molar-refractivity contribution in [2.24, 2.45) is 5.92 Å². The molecule has 0 saturated carbocycles. The highest BCUT2D eigenvalue weighted by atomic mass is 19.1. The number of hydrogen-bond acceptors (Lipinski definition) is 5. The van der Waals surface area contributed by atoms with E-state index in [1.165, 1.54) is 12.1 Å². The van der Waals surface area contributed by atoms with E-state index in [0.29, 0.717) is 17.6 Å². The van der Waals surface area contributed by atoms with Crippen LogP contribution in [-0.4, -0.2) is 47.9 Å². The van der Waals surface area contributed by atoms with E-state index < -0.39 is 0 Å². The molecule has 0 unspecified atom stereocenters. The molecule has 2 saturated heterocycles. The summed E-state index contributed by atoms with van der Waals surface area (Å²) in [6.45, 7) is 4.96. The standard InChI is InChI=1S/C18H22FN3O2/c19-16-5-3-14(4-6-16)17-20-18(24-21-17)15-2-1-8-22(11-15)10-13-7-9-23-12-13/h3-6,13,15H,1-2,7-12H2/t13-,15-/m1/s1. The average molecular weight is 331 g/mol. The number of benzene rings is 1. The Kier molecular flexibility index (Phi) is 4.58. The van der Waals surface area contributed by atoms with Gasteiger partial charge in [-0.2, -0.15) is 4.98 Å². The molecule has 0 spiro atoms. The molecule has 128 valence electrons. The number of piperidine rings is 1. The second-order valence-electron chi connectivity index (χ2n) is 6.79. The molecule has 0 N–H and O–H groups in total. The molecular weight excluding hydrogens is 309 g/mol. The molecule has 2 aliphatic rings. The lowest BCUT2D eigenvalue weighted by molar-refractivity contribution is 0.143. The van der Waals surface area contributed by atoms with E-state index in [1.807, 2.05) is 0 Å². The molecule has 6 heteroatoms. The first kappa shape index (κ1) is 15.7. The summed E-state index contributed by atoms with van der Waals surface area (Å²) in [7, 11) is 0. The van der Waals surface area contributed by atoms with Crippen LogP contribution >= 0.6 is 0 Å². The highest BCUT2D eigenvalue weighted by Crippen LogP contribution is 2.28. The van der Waals surface area contributed by atoms with Gasteiger partial charge >= 0.3 is 0 Å². The van der Waals surface area contributed by atoms with Crippen molar-refractivity contribution < 1.29 is 13.7 Å². The Balaban J connectivity index is 1.42. The smallest absolute Gasteiger partial charge is 0.231 e. The van der Waals surface area contributed by atoms with E-state index >= 15 is 0 Å². The highest BCUT2D eigenvalue weighted by molar-refractivity contribution is 5.53. The third-order valence-electron chi connectivity index (χ3n) is 4.94. The Morgan fingerprint density at radius 3 is 2.88 bits per heavy atom. The minimum Gasteiger partial charge on any atom is -0.381 e. The normalized spacial score (nSPS) is 25.2. The van der Waals surface area contributed by atoms with Gasteiger partial charge in [0.05, 0.1) is 12.5 Å². The number of likely N-dealkylation sites (tertiary alicyclic amines) is 1. The third-order valence-corrected chi connectivity index (χ3v) is 4.94. The molecule has 0 radical (unpaired) electrons. The summed E-state index contributed by atoms with van der Waals surface area (Å²) in [5.74, 6) is 1.90. The molecule has 1 aromatic carbocycles. The van der Waals surface area contributed by atoms with E-state index in [-0.39, 0.29) is 11.7 Å². The van der Waals surface area contributed by atoms with Crippen molar-refractivity contribution in [3.63, 3.8) is 0 Å². The van der Waals surface area contributed by atoms with Crippen molar-refractivity contribution in [1.82, 2.24) is 15.0 Å². The van der Waals surface area contributed by atoms with Crippen LogP contribution in [0.25, 0.3) is 11.4 Å². The summed E-state index contributed by atoms with van der Waals surface area (Å²) in [6.07, 6.45) is 3.38. The van der Waals surface area contributed by atoms with Gasteiger partial charge in [-0.15, -0.1) is 0 Å². The molecule has 1 aromatic heterocycles. The molecule has 2 fully saturated rings. The first-order valence-electron chi connectivity index (χ1n) is 8.67. The number of hydrogen-bond donors (Lipinski definition) is 0. The number of aromatic nitrogens is 2. The monoisotopic (exact) mass is 331 g/mol. The van der Waals surface area contributed by atoms with Crippen LogP contribution in [0.5, 0.6) is 0 Å². The molecule has 24 heavy (non-hydrogen) atoms. The zero-order valence-corrected chi connectivity index (χ0v) is 13.7. The van der Waals surface area contributed by atoms with Crippen LogP contribution < -0.4 is 0 Å². The van der Waals surface area contributed by atoms with Gasteiger partial charge in [0.1, 0.15) is 5.82 Å². The topological polar surface area (TPSA) is 51.4 Å². The fourth-order valence-corrected chi connectivity index (χ4v) is 3.63. The van der Waals surface area contributed by atoms with Crippen LogP contribution in [0.15, 0.2) is 28.8 Å². The summed E-state index contributed by atoms with van der Waals surface area (Å²) in [6, 6.07) is 6.18. The van der Waals surface area contributed by atoms with Crippen LogP contribution in [0.3, 0.4) is 0 Å². The molecule has 2 atom stereocenters. The van der Waals surface area contributed by atoms with E-state index in [2.05, 4.69) is 15.0 Å². The summed E-state index contributed by atoms with van der Waals surface area (Å²) >= 11 is 0. The van der Waals surface area contributed by atoms with Crippen molar-refractivity contribution in [3.05, 3.63) is 36.0 Å². The lowest BCUT2D eigenvalue weighted by Crippen LogP contribution is -2.38. The fourth-order valence-electron chi connectivity index (χ4n) is 3.63. The van der Waals surface area contributed by atoms with Crippen LogP contribution in [0.4, 0.5) is 4.39 Å². The van der Waals surface area contributed by atoms with Gasteiger partial charge in [0.15, 0.2) is 0 Å². The second-order valence-corrected chi connectivity index (χ2v) is 6.79. The maximum atomic E-state index is 13.0. The van der Waals surface area contributed by atoms with E-state index in [1.54, 1.807) is 12.1 Å². The largest absolute Gasteiger partial charge is 0.381 e. The van der Waals surface area contributed by atoms with E-state index in [9.17, 15) is 4.39 Å². The van der Waals surface area contributed by atoms with Gasteiger partial charge in [-0.25, -0.2) is 4.39 Å². The zero-order valence-electron chi connectivity index (χ0n) is 13.7. The number of halogens is 1. The minimum absolute atomic E-state index is 0.263.